The highest BCUT2D eigenvalue weighted by Gasteiger charge is 2.18. The lowest BCUT2D eigenvalue weighted by atomic mass is 9.92. The first-order valence-electron chi connectivity index (χ1n) is 13.6. The molecule has 0 N–H and O–H groups in total. The fourth-order valence-corrected chi connectivity index (χ4v) is 6.65. The maximum Gasteiger partial charge on any atom is 0.117 e. The van der Waals surface area contributed by atoms with Crippen molar-refractivity contribution in [1.82, 2.24) is 0 Å². The zero-order valence-electron chi connectivity index (χ0n) is 22.0. The van der Waals surface area contributed by atoms with Gasteiger partial charge in [0.15, 0.2) is 0 Å². The summed E-state index contributed by atoms with van der Waals surface area (Å²) in [5.41, 5.74) is 9.87. The first kappa shape index (κ1) is 25.4. The molecule has 4 rings (SSSR count). The van der Waals surface area contributed by atoms with Crippen LogP contribution in [-0.4, -0.2) is 9.52 Å². The van der Waals surface area contributed by atoms with Crippen LogP contribution in [0.2, 0.25) is 0 Å². The van der Waals surface area contributed by atoms with Crippen LogP contribution in [0.5, 0.6) is 0 Å². The van der Waals surface area contributed by atoms with Crippen LogP contribution in [0.3, 0.4) is 0 Å². The van der Waals surface area contributed by atoms with Crippen LogP contribution >= 0.6 is 0 Å². The molecule has 35 heavy (non-hydrogen) atoms. The molecule has 2 radical (unpaired) electrons. The fraction of sp³-hybridized carbons (Fsp3) is 0.353. The van der Waals surface area contributed by atoms with Crippen molar-refractivity contribution in [3.63, 3.8) is 0 Å². The SMILES string of the molecule is CCCCc1ccc(-c2cccc([Si]C3=C(C(C)C)C=CC3)c2-c2ccc(CCCC)cc2)cc1. The fourth-order valence-electron chi connectivity index (χ4n) is 5.01. The number of hydrogen-bond donors (Lipinski definition) is 0. The predicted molar refractivity (Wildman–Crippen MR) is 156 cm³/mol. The highest BCUT2D eigenvalue weighted by atomic mass is 28.2. The average molecular weight is 477 g/mol. The Balaban J connectivity index is 1.76. The van der Waals surface area contributed by atoms with Crippen LogP contribution in [0.4, 0.5) is 0 Å². The quantitative estimate of drug-likeness (QED) is 0.242. The van der Waals surface area contributed by atoms with Gasteiger partial charge >= 0.3 is 0 Å². The van der Waals surface area contributed by atoms with Gasteiger partial charge in [0.1, 0.15) is 9.52 Å². The molecule has 0 atom stereocenters. The highest BCUT2D eigenvalue weighted by molar-refractivity contribution is 6.63. The van der Waals surface area contributed by atoms with Crippen molar-refractivity contribution in [1.29, 1.82) is 0 Å². The Morgan fingerprint density at radius 3 is 1.91 bits per heavy atom. The number of aryl methyl sites for hydroxylation is 2. The monoisotopic (exact) mass is 476 g/mol. The maximum absolute atomic E-state index is 2.36. The number of benzene rings is 3. The van der Waals surface area contributed by atoms with Gasteiger partial charge in [-0.25, -0.2) is 0 Å². The Hall–Kier alpha value is -2.64. The highest BCUT2D eigenvalue weighted by Crippen LogP contribution is 2.33. The molecule has 3 aromatic carbocycles. The third kappa shape index (κ3) is 6.33. The smallest absolute Gasteiger partial charge is 0.0806 e. The van der Waals surface area contributed by atoms with Crippen molar-refractivity contribution < 1.29 is 0 Å². The number of allylic oxidation sites excluding steroid dienone is 4. The summed E-state index contributed by atoms with van der Waals surface area (Å²) in [7, 11) is 0.709. The van der Waals surface area contributed by atoms with E-state index >= 15 is 0 Å². The summed E-state index contributed by atoms with van der Waals surface area (Å²) in [6, 6.07) is 25.7. The van der Waals surface area contributed by atoms with Crippen molar-refractivity contribution in [3.8, 4) is 22.3 Å². The lowest BCUT2D eigenvalue weighted by Crippen LogP contribution is -2.21. The topological polar surface area (TPSA) is 0 Å². The molecular weight excluding hydrogens is 436 g/mol. The minimum Gasteiger partial charge on any atom is -0.0806 e. The van der Waals surface area contributed by atoms with Crippen LogP contribution in [0.25, 0.3) is 22.3 Å². The zero-order chi connectivity index (χ0) is 24.6. The predicted octanol–water partition coefficient (Wildman–Crippen LogP) is 8.91. The van der Waals surface area contributed by atoms with E-state index in [0.717, 1.165) is 6.42 Å². The molecular formula is C34H40Si. The molecule has 0 heterocycles. The van der Waals surface area contributed by atoms with E-state index in [9.17, 15) is 0 Å². The summed E-state index contributed by atoms with van der Waals surface area (Å²) >= 11 is 0. The summed E-state index contributed by atoms with van der Waals surface area (Å²) in [5, 5.41) is 3.07. The van der Waals surface area contributed by atoms with Crippen molar-refractivity contribution >= 4 is 14.7 Å². The van der Waals surface area contributed by atoms with Gasteiger partial charge in [-0.2, -0.15) is 0 Å². The standard InChI is InChI=1S/C34H40Si/c1-5-7-11-26-17-21-28(22-18-26)31-14-10-16-33(35-32-15-9-13-30(32)25(3)4)34(31)29-23-19-27(20-24-29)12-8-6-2/h9-10,13-14,16-25H,5-8,11-12,15H2,1-4H3. The molecule has 1 aliphatic carbocycles. The third-order valence-corrected chi connectivity index (χ3v) is 8.57. The lowest BCUT2D eigenvalue weighted by molar-refractivity contribution is 0.790. The normalized spacial score (nSPS) is 13.3. The lowest BCUT2D eigenvalue weighted by Gasteiger charge is -2.18. The Morgan fingerprint density at radius 2 is 1.34 bits per heavy atom. The average Bonchev–Trinajstić information content (AvgIpc) is 3.35. The number of rotatable bonds is 11. The Kier molecular flexibility index (Phi) is 8.99. The third-order valence-electron chi connectivity index (χ3n) is 7.09. The van der Waals surface area contributed by atoms with Crippen LogP contribution in [0, 0.1) is 5.92 Å². The minimum absolute atomic E-state index is 0.580. The van der Waals surface area contributed by atoms with Crippen molar-refractivity contribution in [2.24, 2.45) is 5.92 Å². The first-order chi connectivity index (χ1) is 17.1. The largest absolute Gasteiger partial charge is 0.117 e. The summed E-state index contributed by atoms with van der Waals surface area (Å²) in [4.78, 5) is 0. The molecule has 0 spiro atoms. The molecule has 0 aliphatic heterocycles. The van der Waals surface area contributed by atoms with E-state index < -0.39 is 0 Å². The molecule has 0 bridgehead atoms. The number of unbranched alkanes of at least 4 members (excludes halogenated alkanes) is 2. The molecule has 0 nitrogen and oxygen atoms in total. The zero-order valence-corrected chi connectivity index (χ0v) is 23.0. The maximum atomic E-state index is 2.36. The molecule has 0 saturated carbocycles. The summed E-state index contributed by atoms with van der Waals surface area (Å²) < 4.78 is 0. The van der Waals surface area contributed by atoms with Gasteiger partial charge < -0.3 is 0 Å². The van der Waals surface area contributed by atoms with Crippen LogP contribution < -0.4 is 5.19 Å². The molecule has 0 unspecified atom stereocenters. The second-order valence-electron chi connectivity index (χ2n) is 10.1. The van der Waals surface area contributed by atoms with E-state index in [-0.39, 0.29) is 0 Å². The Labute approximate surface area is 216 Å². The second kappa shape index (κ2) is 12.4. The van der Waals surface area contributed by atoms with Gasteiger partial charge in [0.05, 0.1) is 0 Å². The van der Waals surface area contributed by atoms with Crippen molar-refractivity contribution in [3.05, 3.63) is 101 Å². The Bertz CT molecular complexity index is 1160. The van der Waals surface area contributed by atoms with E-state index in [0.29, 0.717) is 15.4 Å². The van der Waals surface area contributed by atoms with E-state index in [2.05, 4.69) is 107 Å². The first-order valence-corrected chi connectivity index (χ1v) is 14.6. The summed E-state index contributed by atoms with van der Waals surface area (Å²) in [6.45, 7) is 9.17. The van der Waals surface area contributed by atoms with Crippen LogP contribution in [0.15, 0.2) is 89.7 Å². The Morgan fingerprint density at radius 1 is 0.743 bits per heavy atom. The van der Waals surface area contributed by atoms with Gasteiger partial charge in [0.25, 0.3) is 0 Å². The van der Waals surface area contributed by atoms with E-state index in [4.69, 9.17) is 0 Å². The second-order valence-corrected chi connectivity index (χ2v) is 11.5. The van der Waals surface area contributed by atoms with Crippen LogP contribution in [0.1, 0.15) is 70.9 Å². The van der Waals surface area contributed by atoms with E-state index in [1.807, 2.05) is 0 Å². The number of hydrogen-bond acceptors (Lipinski definition) is 0. The molecule has 1 heteroatoms. The van der Waals surface area contributed by atoms with Gasteiger partial charge in [-0.1, -0.05) is 135 Å². The van der Waals surface area contributed by atoms with E-state index in [1.54, 1.807) is 5.20 Å². The summed E-state index contributed by atoms with van der Waals surface area (Å²) in [6.07, 6.45) is 13.1. The van der Waals surface area contributed by atoms with Gasteiger partial charge in [0.2, 0.25) is 0 Å². The summed E-state index contributed by atoms with van der Waals surface area (Å²) in [5.74, 6) is 0.580. The molecule has 0 amide bonds. The van der Waals surface area contributed by atoms with Gasteiger partial charge in [-0.15, -0.1) is 0 Å². The van der Waals surface area contributed by atoms with Gasteiger partial charge in [-0.05, 0) is 71.4 Å². The molecule has 0 saturated heterocycles. The molecule has 0 aromatic heterocycles. The molecule has 3 aromatic rings. The minimum atomic E-state index is 0.580. The van der Waals surface area contributed by atoms with E-state index in [1.165, 1.54) is 82.7 Å². The van der Waals surface area contributed by atoms with Crippen LogP contribution in [-0.2, 0) is 12.8 Å². The molecule has 1 aliphatic rings. The molecule has 180 valence electrons. The van der Waals surface area contributed by atoms with Crippen molar-refractivity contribution in [2.75, 3.05) is 0 Å². The molecule has 0 fully saturated rings. The van der Waals surface area contributed by atoms with Gasteiger partial charge in [-0.3, -0.25) is 0 Å². The van der Waals surface area contributed by atoms with Gasteiger partial charge in [0, 0.05) is 0 Å². The van der Waals surface area contributed by atoms with Crippen molar-refractivity contribution in [2.45, 2.75) is 72.6 Å².